The number of piperidine rings is 1. The van der Waals surface area contributed by atoms with Crippen LogP contribution in [-0.4, -0.2) is 30.6 Å². The molecule has 0 saturated carbocycles. The molecule has 1 fully saturated rings. The largest absolute Gasteiger partial charge is 0.306 e. The summed E-state index contributed by atoms with van der Waals surface area (Å²) in [7, 11) is 2.24. The van der Waals surface area contributed by atoms with Crippen molar-refractivity contribution in [2.45, 2.75) is 45.3 Å². The third kappa shape index (κ3) is 3.09. The lowest BCUT2D eigenvalue weighted by Crippen LogP contribution is -2.51. The van der Waals surface area contributed by atoms with E-state index in [-0.39, 0.29) is 0 Å². The van der Waals surface area contributed by atoms with Crippen molar-refractivity contribution >= 4 is 11.3 Å². The van der Waals surface area contributed by atoms with E-state index >= 15 is 0 Å². The standard InChI is InChI=1S/C14H24N2S/c1-10-9-16(4)11(2)8-13(10)15-12(3)14-6-5-7-17-14/h5-7,10-13,15H,8-9H2,1-4H3. The van der Waals surface area contributed by atoms with Crippen LogP contribution in [0.1, 0.15) is 38.1 Å². The topological polar surface area (TPSA) is 15.3 Å². The zero-order valence-corrected chi connectivity index (χ0v) is 12.1. The molecule has 1 aliphatic heterocycles. The highest BCUT2D eigenvalue weighted by Crippen LogP contribution is 2.25. The summed E-state index contributed by atoms with van der Waals surface area (Å²) in [6.07, 6.45) is 1.26. The van der Waals surface area contributed by atoms with E-state index < -0.39 is 0 Å². The predicted molar refractivity (Wildman–Crippen MR) is 75.5 cm³/mol. The molecule has 0 amide bonds. The summed E-state index contributed by atoms with van der Waals surface area (Å²) in [5.41, 5.74) is 0. The zero-order valence-electron chi connectivity index (χ0n) is 11.3. The van der Waals surface area contributed by atoms with E-state index in [0.29, 0.717) is 18.1 Å². The number of nitrogens with zero attached hydrogens (tertiary/aromatic N) is 1. The Balaban J connectivity index is 1.94. The average Bonchev–Trinajstić information content (AvgIpc) is 2.79. The van der Waals surface area contributed by atoms with E-state index in [1.165, 1.54) is 17.8 Å². The molecule has 17 heavy (non-hydrogen) atoms. The number of hydrogen-bond donors (Lipinski definition) is 1. The molecule has 1 N–H and O–H groups in total. The minimum atomic E-state index is 0.484. The first-order valence-corrected chi connectivity index (χ1v) is 7.45. The smallest absolute Gasteiger partial charge is 0.0388 e. The van der Waals surface area contributed by atoms with E-state index in [0.717, 1.165) is 5.92 Å². The number of likely N-dealkylation sites (tertiary alicyclic amines) is 1. The molecule has 4 atom stereocenters. The molecule has 4 unspecified atom stereocenters. The molecule has 2 heterocycles. The number of rotatable bonds is 3. The van der Waals surface area contributed by atoms with Crippen molar-refractivity contribution in [3.63, 3.8) is 0 Å². The molecule has 0 bridgehead atoms. The van der Waals surface area contributed by atoms with Gasteiger partial charge < -0.3 is 10.2 Å². The second-order valence-electron chi connectivity index (χ2n) is 5.51. The Bertz CT molecular complexity index is 336. The maximum absolute atomic E-state index is 3.81. The molecule has 2 nitrogen and oxygen atoms in total. The molecule has 1 aromatic heterocycles. The van der Waals surface area contributed by atoms with Gasteiger partial charge in [0.05, 0.1) is 0 Å². The van der Waals surface area contributed by atoms with Crippen LogP contribution in [0.15, 0.2) is 17.5 Å². The van der Waals surface area contributed by atoms with E-state index in [1.807, 2.05) is 11.3 Å². The normalized spacial score (nSPS) is 32.6. The monoisotopic (exact) mass is 252 g/mol. The zero-order chi connectivity index (χ0) is 12.4. The van der Waals surface area contributed by atoms with Crippen LogP contribution in [0.2, 0.25) is 0 Å². The molecule has 1 saturated heterocycles. The lowest BCUT2D eigenvalue weighted by atomic mass is 9.89. The third-order valence-corrected chi connectivity index (χ3v) is 5.10. The van der Waals surface area contributed by atoms with Gasteiger partial charge in [0.1, 0.15) is 0 Å². The maximum atomic E-state index is 3.81. The van der Waals surface area contributed by atoms with E-state index in [1.54, 1.807) is 0 Å². The van der Waals surface area contributed by atoms with E-state index in [2.05, 4.69) is 55.5 Å². The van der Waals surface area contributed by atoms with Crippen LogP contribution in [0.3, 0.4) is 0 Å². The SMILES string of the molecule is CC(NC1CC(C)N(C)CC1C)c1cccs1. The van der Waals surface area contributed by atoms with Crippen molar-refractivity contribution in [3.05, 3.63) is 22.4 Å². The van der Waals surface area contributed by atoms with Crippen LogP contribution in [-0.2, 0) is 0 Å². The summed E-state index contributed by atoms with van der Waals surface area (Å²) < 4.78 is 0. The van der Waals surface area contributed by atoms with Crippen molar-refractivity contribution in [1.29, 1.82) is 0 Å². The van der Waals surface area contributed by atoms with Gasteiger partial charge in [-0.3, -0.25) is 0 Å². The van der Waals surface area contributed by atoms with Gasteiger partial charge in [0.25, 0.3) is 0 Å². The first-order valence-electron chi connectivity index (χ1n) is 6.57. The lowest BCUT2D eigenvalue weighted by Gasteiger charge is -2.41. The van der Waals surface area contributed by atoms with Gasteiger partial charge in [-0.05, 0) is 44.7 Å². The quantitative estimate of drug-likeness (QED) is 0.889. The molecular formula is C14H24N2S. The number of hydrogen-bond acceptors (Lipinski definition) is 3. The first kappa shape index (κ1) is 13.1. The summed E-state index contributed by atoms with van der Waals surface area (Å²) in [5, 5.41) is 5.97. The predicted octanol–water partition coefficient (Wildman–Crippen LogP) is 3.13. The summed E-state index contributed by atoms with van der Waals surface area (Å²) in [6.45, 7) is 8.18. The number of thiophene rings is 1. The van der Waals surface area contributed by atoms with Gasteiger partial charge in [0.2, 0.25) is 0 Å². The molecular weight excluding hydrogens is 228 g/mol. The Morgan fingerprint density at radius 3 is 2.88 bits per heavy atom. The lowest BCUT2D eigenvalue weighted by molar-refractivity contribution is 0.117. The fourth-order valence-electron chi connectivity index (χ4n) is 2.71. The van der Waals surface area contributed by atoms with Crippen molar-refractivity contribution in [2.24, 2.45) is 5.92 Å². The molecule has 0 radical (unpaired) electrons. The Kier molecular flexibility index (Phi) is 4.23. The van der Waals surface area contributed by atoms with Crippen molar-refractivity contribution in [1.82, 2.24) is 10.2 Å². The molecule has 1 aromatic rings. The highest BCUT2D eigenvalue weighted by molar-refractivity contribution is 7.10. The van der Waals surface area contributed by atoms with Crippen molar-refractivity contribution < 1.29 is 0 Å². The molecule has 3 heteroatoms. The van der Waals surface area contributed by atoms with Gasteiger partial charge in [-0.15, -0.1) is 11.3 Å². The summed E-state index contributed by atoms with van der Waals surface area (Å²) in [4.78, 5) is 3.92. The highest BCUT2D eigenvalue weighted by atomic mass is 32.1. The van der Waals surface area contributed by atoms with Crippen LogP contribution in [0.5, 0.6) is 0 Å². The van der Waals surface area contributed by atoms with Crippen molar-refractivity contribution in [2.75, 3.05) is 13.6 Å². The van der Waals surface area contributed by atoms with Crippen LogP contribution >= 0.6 is 11.3 Å². The van der Waals surface area contributed by atoms with Gasteiger partial charge >= 0.3 is 0 Å². The van der Waals surface area contributed by atoms with Gasteiger partial charge in [-0.1, -0.05) is 13.0 Å². The molecule has 1 aliphatic rings. The van der Waals surface area contributed by atoms with Gasteiger partial charge in [-0.25, -0.2) is 0 Å². The minimum Gasteiger partial charge on any atom is -0.306 e. The Hall–Kier alpha value is -0.380. The second-order valence-corrected chi connectivity index (χ2v) is 6.49. The third-order valence-electron chi connectivity index (χ3n) is 4.04. The highest BCUT2D eigenvalue weighted by Gasteiger charge is 2.29. The molecule has 96 valence electrons. The van der Waals surface area contributed by atoms with E-state index in [9.17, 15) is 0 Å². The Morgan fingerprint density at radius 2 is 2.24 bits per heavy atom. The van der Waals surface area contributed by atoms with Gasteiger partial charge in [-0.2, -0.15) is 0 Å². The fraction of sp³-hybridized carbons (Fsp3) is 0.714. The summed E-state index contributed by atoms with van der Waals surface area (Å²) >= 11 is 1.85. The summed E-state index contributed by atoms with van der Waals surface area (Å²) in [6, 6.07) is 6.19. The molecule has 0 aliphatic carbocycles. The summed E-state index contributed by atoms with van der Waals surface area (Å²) in [5.74, 6) is 0.735. The average molecular weight is 252 g/mol. The Labute approximate surface area is 109 Å². The maximum Gasteiger partial charge on any atom is 0.0388 e. The van der Waals surface area contributed by atoms with Crippen LogP contribution < -0.4 is 5.32 Å². The molecule has 0 spiro atoms. The number of nitrogens with one attached hydrogen (secondary N) is 1. The van der Waals surface area contributed by atoms with Gasteiger partial charge in [0.15, 0.2) is 0 Å². The first-order chi connectivity index (χ1) is 8.08. The van der Waals surface area contributed by atoms with Crippen molar-refractivity contribution in [3.8, 4) is 0 Å². The second kappa shape index (κ2) is 5.51. The molecule has 0 aromatic carbocycles. The van der Waals surface area contributed by atoms with Gasteiger partial charge in [0, 0.05) is 29.5 Å². The van der Waals surface area contributed by atoms with E-state index in [4.69, 9.17) is 0 Å². The fourth-order valence-corrected chi connectivity index (χ4v) is 3.46. The van der Waals surface area contributed by atoms with Crippen LogP contribution in [0, 0.1) is 5.92 Å². The minimum absolute atomic E-state index is 0.484. The molecule has 2 rings (SSSR count). The van der Waals surface area contributed by atoms with Crippen LogP contribution in [0.4, 0.5) is 0 Å². The Morgan fingerprint density at radius 1 is 1.47 bits per heavy atom. The van der Waals surface area contributed by atoms with Crippen LogP contribution in [0.25, 0.3) is 0 Å².